The Morgan fingerprint density at radius 3 is 2.75 bits per heavy atom. The number of rotatable bonds is 7. The van der Waals surface area contributed by atoms with Crippen molar-refractivity contribution in [2.24, 2.45) is 5.92 Å². The summed E-state index contributed by atoms with van der Waals surface area (Å²) in [5.74, 6) is 0.595. The van der Waals surface area contributed by atoms with Gasteiger partial charge < -0.3 is 10.1 Å². The zero-order valence-electron chi connectivity index (χ0n) is 10.6. The highest BCUT2D eigenvalue weighted by Gasteiger charge is 2.11. The van der Waals surface area contributed by atoms with Crippen LogP contribution in [0.3, 0.4) is 0 Å². The van der Waals surface area contributed by atoms with E-state index in [1.165, 1.54) is 5.69 Å². The number of nitrogens with one attached hydrogen (secondary N) is 1. The normalized spacial score (nSPS) is 13.3. The first-order valence-corrected chi connectivity index (χ1v) is 6.64. The van der Waals surface area contributed by atoms with Crippen LogP contribution in [0.2, 0.25) is 0 Å². The Kier molecular flexibility index (Phi) is 5.95. The number of aryl methyl sites for hydroxylation is 1. The molecule has 0 aliphatic heterocycles. The van der Waals surface area contributed by atoms with Gasteiger partial charge in [-0.1, -0.05) is 13.8 Å². The standard InChI is InChI=1S/C12H22N2OS/c1-9(2)12(7-15-4)13-6-5-11-8-16-10(3)14-11/h8-9,12-13H,5-7H2,1-4H3. The maximum absolute atomic E-state index is 5.20. The van der Waals surface area contributed by atoms with Gasteiger partial charge >= 0.3 is 0 Å². The molecule has 92 valence electrons. The summed E-state index contributed by atoms with van der Waals surface area (Å²) in [7, 11) is 1.75. The smallest absolute Gasteiger partial charge is 0.0897 e. The lowest BCUT2D eigenvalue weighted by Crippen LogP contribution is -2.38. The molecule has 0 saturated carbocycles. The number of hydrogen-bond acceptors (Lipinski definition) is 4. The van der Waals surface area contributed by atoms with Crippen molar-refractivity contribution in [3.63, 3.8) is 0 Å². The van der Waals surface area contributed by atoms with E-state index >= 15 is 0 Å². The van der Waals surface area contributed by atoms with Crippen molar-refractivity contribution in [2.45, 2.75) is 33.2 Å². The maximum Gasteiger partial charge on any atom is 0.0897 e. The minimum atomic E-state index is 0.435. The van der Waals surface area contributed by atoms with Gasteiger partial charge in [0, 0.05) is 31.5 Å². The van der Waals surface area contributed by atoms with Crippen LogP contribution in [0.15, 0.2) is 5.38 Å². The molecule has 0 fully saturated rings. The van der Waals surface area contributed by atoms with Gasteiger partial charge in [0.05, 0.1) is 17.3 Å². The molecule has 0 aliphatic rings. The Bertz CT molecular complexity index is 299. The summed E-state index contributed by atoms with van der Waals surface area (Å²) < 4.78 is 5.20. The van der Waals surface area contributed by atoms with E-state index in [-0.39, 0.29) is 0 Å². The lowest BCUT2D eigenvalue weighted by Gasteiger charge is -2.21. The van der Waals surface area contributed by atoms with Gasteiger partial charge in [0.15, 0.2) is 0 Å². The molecule has 1 N–H and O–H groups in total. The van der Waals surface area contributed by atoms with Crippen molar-refractivity contribution >= 4 is 11.3 Å². The minimum absolute atomic E-state index is 0.435. The van der Waals surface area contributed by atoms with Crippen LogP contribution in [0.25, 0.3) is 0 Å². The fourth-order valence-electron chi connectivity index (χ4n) is 1.58. The Morgan fingerprint density at radius 1 is 1.50 bits per heavy atom. The third-order valence-corrected chi connectivity index (χ3v) is 3.43. The van der Waals surface area contributed by atoms with Crippen LogP contribution in [-0.4, -0.2) is 31.3 Å². The van der Waals surface area contributed by atoms with Crippen LogP contribution >= 0.6 is 11.3 Å². The molecular formula is C12H22N2OS. The summed E-state index contributed by atoms with van der Waals surface area (Å²) in [6.45, 7) is 8.21. The van der Waals surface area contributed by atoms with Crippen LogP contribution < -0.4 is 5.32 Å². The number of hydrogen-bond donors (Lipinski definition) is 1. The van der Waals surface area contributed by atoms with E-state index in [4.69, 9.17) is 4.74 Å². The predicted molar refractivity (Wildman–Crippen MR) is 69.1 cm³/mol. The van der Waals surface area contributed by atoms with Crippen molar-refractivity contribution in [1.29, 1.82) is 0 Å². The Morgan fingerprint density at radius 2 is 2.25 bits per heavy atom. The second-order valence-electron chi connectivity index (χ2n) is 4.37. The quantitative estimate of drug-likeness (QED) is 0.796. The molecule has 0 bridgehead atoms. The second kappa shape index (κ2) is 6.99. The van der Waals surface area contributed by atoms with E-state index in [0.29, 0.717) is 12.0 Å². The molecule has 16 heavy (non-hydrogen) atoms. The Hall–Kier alpha value is -0.450. The number of aromatic nitrogens is 1. The molecule has 0 radical (unpaired) electrons. The molecule has 4 heteroatoms. The summed E-state index contributed by atoms with van der Waals surface area (Å²) in [5.41, 5.74) is 1.19. The first-order chi connectivity index (χ1) is 7.63. The zero-order chi connectivity index (χ0) is 12.0. The average molecular weight is 242 g/mol. The maximum atomic E-state index is 5.20. The van der Waals surface area contributed by atoms with E-state index in [9.17, 15) is 0 Å². The minimum Gasteiger partial charge on any atom is -0.383 e. The van der Waals surface area contributed by atoms with Crippen LogP contribution in [-0.2, 0) is 11.2 Å². The monoisotopic (exact) mass is 242 g/mol. The fraction of sp³-hybridized carbons (Fsp3) is 0.750. The molecule has 1 rings (SSSR count). The van der Waals surface area contributed by atoms with Gasteiger partial charge in [0.25, 0.3) is 0 Å². The number of thiazole rings is 1. The third kappa shape index (κ3) is 4.60. The summed E-state index contributed by atoms with van der Waals surface area (Å²) in [6.07, 6.45) is 0.997. The highest BCUT2D eigenvalue weighted by Crippen LogP contribution is 2.08. The molecule has 1 atom stereocenters. The largest absolute Gasteiger partial charge is 0.383 e. The molecule has 1 heterocycles. The van der Waals surface area contributed by atoms with E-state index in [0.717, 1.165) is 24.6 Å². The number of nitrogens with zero attached hydrogens (tertiary/aromatic N) is 1. The average Bonchev–Trinajstić information content (AvgIpc) is 2.63. The van der Waals surface area contributed by atoms with Crippen molar-refractivity contribution in [3.8, 4) is 0 Å². The van der Waals surface area contributed by atoms with Gasteiger partial charge in [-0.2, -0.15) is 0 Å². The van der Waals surface area contributed by atoms with E-state index in [2.05, 4.69) is 29.5 Å². The molecule has 0 spiro atoms. The van der Waals surface area contributed by atoms with Gasteiger partial charge in [0.1, 0.15) is 0 Å². The number of methoxy groups -OCH3 is 1. The zero-order valence-corrected chi connectivity index (χ0v) is 11.4. The van der Waals surface area contributed by atoms with Crippen LogP contribution in [0.5, 0.6) is 0 Å². The van der Waals surface area contributed by atoms with Crippen molar-refractivity contribution in [2.75, 3.05) is 20.3 Å². The molecule has 1 aromatic heterocycles. The fourth-order valence-corrected chi connectivity index (χ4v) is 2.22. The highest BCUT2D eigenvalue weighted by molar-refractivity contribution is 7.09. The summed E-state index contributed by atoms with van der Waals surface area (Å²) >= 11 is 1.72. The predicted octanol–water partition coefficient (Wildman–Crippen LogP) is 2.25. The first-order valence-electron chi connectivity index (χ1n) is 5.76. The molecule has 1 unspecified atom stereocenters. The third-order valence-electron chi connectivity index (χ3n) is 2.61. The molecule has 0 aromatic carbocycles. The molecule has 1 aromatic rings. The second-order valence-corrected chi connectivity index (χ2v) is 5.43. The van der Waals surface area contributed by atoms with Crippen LogP contribution in [0.4, 0.5) is 0 Å². The summed E-state index contributed by atoms with van der Waals surface area (Å²) in [4.78, 5) is 4.45. The summed E-state index contributed by atoms with van der Waals surface area (Å²) in [6, 6.07) is 0.435. The molecule has 0 saturated heterocycles. The van der Waals surface area contributed by atoms with Crippen molar-refractivity contribution in [3.05, 3.63) is 16.1 Å². The molecular weight excluding hydrogens is 220 g/mol. The van der Waals surface area contributed by atoms with E-state index in [1.54, 1.807) is 18.4 Å². The molecule has 3 nitrogen and oxygen atoms in total. The van der Waals surface area contributed by atoms with Gasteiger partial charge in [-0.15, -0.1) is 11.3 Å². The Balaban J connectivity index is 2.27. The lowest BCUT2D eigenvalue weighted by molar-refractivity contribution is 0.147. The Labute approximate surface area is 102 Å². The summed E-state index contributed by atoms with van der Waals surface area (Å²) in [5, 5.41) is 6.80. The first kappa shape index (κ1) is 13.6. The van der Waals surface area contributed by atoms with Gasteiger partial charge in [-0.05, 0) is 12.8 Å². The SMILES string of the molecule is COCC(NCCc1csc(C)n1)C(C)C. The van der Waals surface area contributed by atoms with Crippen LogP contribution in [0, 0.1) is 12.8 Å². The van der Waals surface area contributed by atoms with E-state index < -0.39 is 0 Å². The van der Waals surface area contributed by atoms with Crippen LogP contribution in [0.1, 0.15) is 24.5 Å². The van der Waals surface area contributed by atoms with Gasteiger partial charge in [-0.3, -0.25) is 0 Å². The highest BCUT2D eigenvalue weighted by atomic mass is 32.1. The number of ether oxygens (including phenoxy) is 1. The van der Waals surface area contributed by atoms with Crippen molar-refractivity contribution < 1.29 is 4.74 Å². The van der Waals surface area contributed by atoms with Crippen molar-refractivity contribution in [1.82, 2.24) is 10.3 Å². The van der Waals surface area contributed by atoms with E-state index in [1.807, 2.05) is 6.92 Å². The topological polar surface area (TPSA) is 34.1 Å². The molecule has 0 aliphatic carbocycles. The van der Waals surface area contributed by atoms with Gasteiger partial charge in [-0.25, -0.2) is 4.98 Å². The molecule has 0 amide bonds. The van der Waals surface area contributed by atoms with Gasteiger partial charge in [0.2, 0.25) is 0 Å². The lowest BCUT2D eigenvalue weighted by atomic mass is 10.1.